The highest BCUT2D eigenvalue weighted by molar-refractivity contribution is 5.66. The molecule has 0 unspecified atom stereocenters. The van der Waals surface area contributed by atoms with E-state index in [1.165, 1.54) is 11.1 Å². The molecule has 1 aliphatic rings. The number of hydrogen-bond acceptors (Lipinski definition) is 6. The lowest BCUT2D eigenvalue weighted by atomic mass is 10.1. The molecular weight excluding hydrogens is 464 g/mol. The number of rotatable bonds is 9. The Morgan fingerprint density at radius 1 is 0.946 bits per heavy atom. The van der Waals surface area contributed by atoms with Crippen molar-refractivity contribution >= 4 is 5.52 Å². The van der Waals surface area contributed by atoms with E-state index in [0.29, 0.717) is 23.6 Å². The molecule has 8 heteroatoms. The van der Waals surface area contributed by atoms with E-state index in [-0.39, 0.29) is 5.56 Å². The van der Waals surface area contributed by atoms with E-state index in [2.05, 4.69) is 69.2 Å². The van der Waals surface area contributed by atoms with Crippen molar-refractivity contribution < 1.29 is 4.74 Å². The summed E-state index contributed by atoms with van der Waals surface area (Å²) in [6.07, 6.45) is 1.69. The first-order valence-electron chi connectivity index (χ1n) is 13.3. The predicted molar refractivity (Wildman–Crippen MR) is 146 cm³/mol. The lowest BCUT2D eigenvalue weighted by Gasteiger charge is -2.34. The topological polar surface area (TPSA) is 78.8 Å². The number of aromatic amines is 1. The van der Waals surface area contributed by atoms with Gasteiger partial charge < -0.3 is 9.72 Å². The molecule has 0 aliphatic carbocycles. The average Bonchev–Trinajstić information content (AvgIpc) is 3.22. The third-order valence-corrected chi connectivity index (χ3v) is 6.94. The summed E-state index contributed by atoms with van der Waals surface area (Å²) in [6.45, 7) is 12.4. The zero-order valence-corrected chi connectivity index (χ0v) is 22.0. The minimum Gasteiger partial charge on any atom is -0.493 e. The van der Waals surface area contributed by atoms with Crippen LogP contribution >= 0.6 is 0 Å². The van der Waals surface area contributed by atoms with Crippen molar-refractivity contribution in [3.63, 3.8) is 0 Å². The normalized spacial score (nSPS) is 14.9. The van der Waals surface area contributed by atoms with Gasteiger partial charge >= 0.3 is 0 Å². The lowest BCUT2D eigenvalue weighted by molar-refractivity contribution is 0.122. The maximum absolute atomic E-state index is 13.0. The summed E-state index contributed by atoms with van der Waals surface area (Å²) in [6, 6.07) is 16.9. The molecule has 5 rings (SSSR count). The highest BCUT2D eigenvalue weighted by atomic mass is 16.5. The monoisotopic (exact) mass is 500 g/mol. The number of nitrogens with one attached hydrogen (secondary N) is 1. The van der Waals surface area contributed by atoms with Crippen molar-refractivity contribution in [2.45, 2.75) is 46.7 Å². The second-order valence-corrected chi connectivity index (χ2v) is 9.73. The summed E-state index contributed by atoms with van der Waals surface area (Å²) in [5.41, 5.74) is 4.37. The summed E-state index contributed by atoms with van der Waals surface area (Å²) in [7, 11) is 0. The van der Waals surface area contributed by atoms with Crippen LogP contribution in [0.3, 0.4) is 0 Å². The van der Waals surface area contributed by atoms with E-state index in [0.717, 1.165) is 69.2 Å². The Labute approximate surface area is 217 Å². The summed E-state index contributed by atoms with van der Waals surface area (Å²) in [5, 5.41) is 4.82. The van der Waals surface area contributed by atoms with E-state index in [9.17, 15) is 4.79 Å². The molecule has 3 heterocycles. The van der Waals surface area contributed by atoms with Gasteiger partial charge in [-0.1, -0.05) is 43.3 Å². The molecule has 0 radical (unpaired) electrons. The van der Waals surface area contributed by atoms with Crippen LogP contribution in [-0.4, -0.2) is 62.2 Å². The van der Waals surface area contributed by atoms with Crippen LogP contribution in [0.25, 0.3) is 16.9 Å². The van der Waals surface area contributed by atoms with E-state index < -0.39 is 0 Å². The molecule has 2 aromatic heterocycles. The standard InChI is InChI=1S/C29H36N6O2/c1-4-9-26-30-21(3)27-29(36)31-28(32-35(26)27)24-18-23(12-13-25(24)37-5-2)20-34-16-14-33(15-17-34)19-22-10-7-6-8-11-22/h6-8,10-13,18H,4-5,9,14-17,19-20H2,1-3H3,(H,31,32,36). The Morgan fingerprint density at radius 3 is 2.32 bits per heavy atom. The molecule has 1 fully saturated rings. The Kier molecular flexibility index (Phi) is 7.67. The molecule has 0 saturated carbocycles. The predicted octanol–water partition coefficient (Wildman–Crippen LogP) is 4.06. The molecule has 1 aliphatic heterocycles. The van der Waals surface area contributed by atoms with Gasteiger partial charge in [-0.25, -0.2) is 9.50 Å². The van der Waals surface area contributed by atoms with Gasteiger partial charge in [0.15, 0.2) is 11.3 Å². The van der Waals surface area contributed by atoms with Crippen LogP contribution in [0.5, 0.6) is 5.75 Å². The fraction of sp³-hybridized carbons (Fsp3) is 0.414. The number of fused-ring (bicyclic) bond motifs is 1. The van der Waals surface area contributed by atoms with Crippen molar-refractivity contribution in [2.75, 3.05) is 32.8 Å². The van der Waals surface area contributed by atoms with Crippen molar-refractivity contribution in [1.82, 2.24) is 29.4 Å². The van der Waals surface area contributed by atoms with E-state index in [1.807, 2.05) is 19.9 Å². The number of aromatic nitrogens is 4. The van der Waals surface area contributed by atoms with Crippen molar-refractivity contribution in [3.05, 3.63) is 81.5 Å². The molecule has 0 spiro atoms. The highest BCUT2D eigenvalue weighted by Crippen LogP contribution is 2.29. The number of piperazine rings is 1. The number of benzene rings is 2. The molecule has 0 amide bonds. The van der Waals surface area contributed by atoms with Crippen LogP contribution in [0.1, 0.15) is 42.9 Å². The third kappa shape index (κ3) is 5.60. The fourth-order valence-corrected chi connectivity index (χ4v) is 5.09. The first-order valence-corrected chi connectivity index (χ1v) is 13.3. The van der Waals surface area contributed by atoms with E-state index in [1.54, 1.807) is 4.52 Å². The average molecular weight is 501 g/mol. The maximum Gasteiger partial charge on any atom is 0.277 e. The van der Waals surface area contributed by atoms with Crippen LogP contribution in [-0.2, 0) is 19.5 Å². The van der Waals surface area contributed by atoms with Gasteiger partial charge in [0.05, 0.1) is 17.9 Å². The Bertz CT molecular complexity index is 1400. The van der Waals surface area contributed by atoms with Crippen molar-refractivity contribution in [1.29, 1.82) is 0 Å². The van der Waals surface area contributed by atoms with Crippen LogP contribution in [0.4, 0.5) is 0 Å². The van der Waals surface area contributed by atoms with Gasteiger partial charge in [0, 0.05) is 45.7 Å². The van der Waals surface area contributed by atoms with Crippen LogP contribution in [0.15, 0.2) is 53.3 Å². The molecule has 2 aromatic carbocycles. The largest absolute Gasteiger partial charge is 0.493 e. The van der Waals surface area contributed by atoms with Gasteiger partial charge in [-0.05, 0) is 43.5 Å². The maximum atomic E-state index is 13.0. The molecule has 37 heavy (non-hydrogen) atoms. The molecular formula is C29H36N6O2. The Balaban J connectivity index is 1.37. The van der Waals surface area contributed by atoms with Crippen molar-refractivity contribution in [3.8, 4) is 17.1 Å². The summed E-state index contributed by atoms with van der Waals surface area (Å²) in [5.74, 6) is 2.03. The van der Waals surface area contributed by atoms with Gasteiger partial charge in [-0.2, -0.15) is 0 Å². The van der Waals surface area contributed by atoms with Gasteiger partial charge in [0.1, 0.15) is 11.6 Å². The molecule has 0 bridgehead atoms. The van der Waals surface area contributed by atoms with E-state index in [4.69, 9.17) is 9.84 Å². The second-order valence-electron chi connectivity index (χ2n) is 9.73. The number of imidazole rings is 1. The first kappa shape index (κ1) is 25.2. The number of H-pyrrole nitrogens is 1. The molecule has 4 aromatic rings. The molecule has 0 atom stereocenters. The van der Waals surface area contributed by atoms with Gasteiger partial charge in [0.2, 0.25) is 0 Å². The lowest BCUT2D eigenvalue weighted by Crippen LogP contribution is -2.45. The van der Waals surface area contributed by atoms with Crippen LogP contribution < -0.4 is 10.3 Å². The molecule has 1 saturated heterocycles. The first-order chi connectivity index (χ1) is 18.1. The Hall–Kier alpha value is -3.49. The second kappa shape index (κ2) is 11.3. The minimum atomic E-state index is -0.181. The number of hydrogen-bond donors (Lipinski definition) is 1. The molecule has 8 nitrogen and oxygen atoms in total. The van der Waals surface area contributed by atoms with Crippen LogP contribution in [0, 0.1) is 6.92 Å². The summed E-state index contributed by atoms with van der Waals surface area (Å²) >= 11 is 0. The summed E-state index contributed by atoms with van der Waals surface area (Å²) < 4.78 is 7.64. The number of nitrogens with zero attached hydrogens (tertiary/aromatic N) is 5. The molecule has 194 valence electrons. The Morgan fingerprint density at radius 2 is 1.65 bits per heavy atom. The molecule has 1 N–H and O–H groups in total. The summed E-state index contributed by atoms with van der Waals surface area (Å²) in [4.78, 5) is 25.6. The fourth-order valence-electron chi connectivity index (χ4n) is 5.09. The highest BCUT2D eigenvalue weighted by Gasteiger charge is 2.20. The minimum absolute atomic E-state index is 0.181. The SMILES string of the molecule is CCCc1nc(C)c2c(=O)[nH]c(-c3cc(CN4CCN(Cc5ccccc5)CC4)ccc3OCC)nn12. The van der Waals surface area contributed by atoms with Gasteiger partial charge in [-0.15, -0.1) is 5.10 Å². The van der Waals surface area contributed by atoms with Gasteiger partial charge in [0.25, 0.3) is 5.56 Å². The van der Waals surface area contributed by atoms with E-state index >= 15 is 0 Å². The van der Waals surface area contributed by atoms with Gasteiger partial charge in [-0.3, -0.25) is 14.6 Å². The number of aryl methyl sites for hydroxylation is 2. The quantitative estimate of drug-likeness (QED) is 0.373. The van der Waals surface area contributed by atoms with Crippen LogP contribution in [0.2, 0.25) is 0 Å². The zero-order chi connectivity index (χ0) is 25.8. The number of ether oxygens (including phenoxy) is 1. The third-order valence-electron chi connectivity index (χ3n) is 6.94. The smallest absolute Gasteiger partial charge is 0.277 e. The zero-order valence-electron chi connectivity index (χ0n) is 22.0. The van der Waals surface area contributed by atoms with Crippen molar-refractivity contribution in [2.24, 2.45) is 0 Å².